The number of ether oxygens (including phenoxy) is 1. The van der Waals surface area contributed by atoms with Gasteiger partial charge in [0, 0.05) is 18.2 Å². The highest BCUT2D eigenvalue weighted by molar-refractivity contribution is 5.95. The van der Waals surface area contributed by atoms with Gasteiger partial charge in [0.2, 0.25) is 0 Å². The minimum atomic E-state index is 0.0782. The Balaban J connectivity index is 2.24. The van der Waals surface area contributed by atoms with Crippen LogP contribution in [-0.2, 0) is 0 Å². The lowest BCUT2D eigenvalue weighted by molar-refractivity contribution is 0.0701. The molecule has 1 aromatic rings. The zero-order valence-electron chi connectivity index (χ0n) is 11.8. The highest BCUT2D eigenvalue weighted by atomic mass is 16.5. The van der Waals surface area contributed by atoms with Crippen molar-refractivity contribution in [1.82, 2.24) is 4.90 Å². The molecule has 1 aliphatic heterocycles. The molecule has 1 fully saturated rings. The second-order valence-corrected chi connectivity index (χ2v) is 5.41. The van der Waals surface area contributed by atoms with Crippen LogP contribution in [0.4, 0.5) is 5.69 Å². The first kappa shape index (κ1) is 13.7. The Bertz CT molecular complexity index is 471. The number of nitrogens with two attached hydrogens (primary N) is 1. The van der Waals surface area contributed by atoms with E-state index >= 15 is 0 Å². The number of nitrogen functional groups attached to an aromatic ring is 1. The van der Waals surface area contributed by atoms with Gasteiger partial charge >= 0.3 is 0 Å². The first-order chi connectivity index (χ1) is 9.04. The molecule has 1 aromatic carbocycles. The number of benzene rings is 1. The zero-order valence-corrected chi connectivity index (χ0v) is 11.8. The zero-order chi connectivity index (χ0) is 14.0. The van der Waals surface area contributed by atoms with Crippen LogP contribution in [0.1, 0.15) is 37.0 Å². The molecule has 0 saturated carbocycles. The van der Waals surface area contributed by atoms with Crippen LogP contribution in [0.25, 0.3) is 0 Å². The Morgan fingerprint density at radius 2 is 2.21 bits per heavy atom. The van der Waals surface area contributed by atoms with E-state index < -0.39 is 0 Å². The quantitative estimate of drug-likeness (QED) is 0.852. The molecule has 1 unspecified atom stereocenters. The lowest BCUT2D eigenvalue weighted by Gasteiger charge is -2.28. The number of anilines is 1. The van der Waals surface area contributed by atoms with E-state index in [2.05, 4.69) is 13.8 Å². The normalized spacial score (nSPS) is 18.9. The monoisotopic (exact) mass is 262 g/mol. The van der Waals surface area contributed by atoms with Crippen LogP contribution in [-0.4, -0.2) is 30.5 Å². The minimum Gasteiger partial charge on any atom is -0.495 e. The van der Waals surface area contributed by atoms with Crippen LogP contribution in [0.15, 0.2) is 18.2 Å². The Labute approximate surface area is 114 Å². The molecule has 0 aliphatic carbocycles. The number of hydrogen-bond donors (Lipinski definition) is 1. The summed E-state index contributed by atoms with van der Waals surface area (Å²) in [6.45, 7) is 5.17. The van der Waals surface area contributed by atoms with E-state index in [-0.39, 0.29) is 5.91 Å². The Kier molecular flexibility index (Phi) is 3.98. The minimum absolute atomic E-state index is 0.0782. The van der Waals surface area contributed by atoms with Crippen molar-refractivity contribution in [2.75, 3.05) is 19.4 Å². The molecule has 1 aliphatic rings. The topological polar surface area (TPSA) is 55.6 Å². The Morgan fingerprint density at radius 3 is 2.84 bits per heavy atom. The van der Waals surface area contributed by atoms with Crippen LogP contribution in [0.3, 0.4) is 0 Å². The summed E-state index contributed by atoms with van der Waals surface area (Å²) in [6, 6.07) is 5.58. The summed E-state index contributed by atoms with van der Waals surface area (Å²) >= 11 is 0. The van der Waals surface area contributed by atoms with Crippen molar-refractivity contribution in [3.63, 3.8) is 0 Å². The molecule has 19 heavy (non-hydrogen) atoms. The van der Waals surface area contributed by atoms with Crippen molar-refractivity contribution in [2.24, 2.45) is 5.92 Å². The number of nitrogens with zero attached hydrogens (tertiary/aromatic N) is 1. The number of carbonyl (C=O) groups is 1. The Hall–Kier alpha value is -1.71. The van der Waals surface area contributed by atoms with Crippen molar-refractivity contribution in [1.29, 1.82) is 0 Å². The average molecular weight is 262 g/mol. The average Bonchev–Trinajstić information content (AvgIpc) is 2.87. The number of likely N-dealkylation sites (tertiary alicyclic amines) is 1. The molecule has 0 aromatic heterocycles. The van der Waals surface area contributed by atoms with Crippen LogP contribution in [0.5, 0.6) is 5.75 Å². The number of carbonyl (C=O) groups excluding carboxylic acids is 1. The molecular weight excluding hydrogens is 240 g/mol. The van der Waals surface area contributed by atoms with Gasteiger partial charge in [-0.3, -0.25) is 4.79 Å². The molecule has 0 radical (unpaired) electrons. The predicted octanol–water partition coefficient (Wildman–Crippen LogP) is 2.54. The number of amides is 1. The molecule has 0 spiro atoms. The van der Waals surface area contributed by atoms with Gasteiger partial charge in [-0.15, -0.1) is 0 Å². The first-order valence-corrected chi connectivity index (χ1v) is 6.79. The fraction of sp³-hybridized carbons (Fsp3) is 0.533. The summed E-state index contributed by atoms with van der Waals surface area (Å²) in [5.41, 5.74) is 6.99. The largest absolute Gasteiger partial charge is 0.495 e. The summed E-state index contributed by atoms with van der Waals surface area (Å²) in [7, 11) is 1.56. The van der Waals surface area contributed by atoms with Crippen molar-refractivity contribution in [3.8, 4) is 5.75 Å². The number of methoxy groups -OCH3 is 1. The lowest BCUT2D eigenvalue weighted by atomic mass is 10.0. The Morgan fingerprint density at radius 1 is 1.47 bits per heavy atom. The van der Waals surface area contributed by atoms with Gasteiger partial charge < -0.3 is 15.4 Å². The van der Waals surface area contributed by atoms with E-state index in [9.17, 15) is 4.79 Å². The van der Waals surface area contributed by atoms with Gasteiger partial charge in [0.05, 0.1) is 12.8 Å². The third kappa shape index (κ3) is 2.67. The molecule has 104 valence electrons. The SMILES string of the molecule is COc1cc(C(=O)N2CCCC2C(C)C)ccc1N. The van der Waals surface area contributed by atoms with E-state index in [0.717, 1.165) is 19.4 Å². The number of rotatable bonds is 3. The molecule has 4 heteroatoms. The van der Waals surface area contributed by atoms with Crippen molar-refractivity contribution in [3.05, 3.63) is 23.8 Å². The number of hydrogen-bond acceptors (Lipinski definition) is 3. The maximum atomic E-state index is 12.6. The van der Waals surface area contributed by atoms with Gasteiger partial charge in [0.1, 0.15) is 5.75 Å². The van der Waals surface area contributed by atoms with Crippen LogP contribution >= 0.6 is 0 Å². The van der Waals surface area contributed by atoms with Gasteiger partial charge in [-0.1, -0.05) is 13.8 Å². The molecule has 2 rings (SSSR count). The van der Waals surface area contributed by atoms with Crippen LogP contribution in [0.2, 0.25) is 0 Å². The van der Waals surface area contributed by atoms with Gasteiger partial charge in [-0.25, -0.2) is 0 Å². The summed E-state index contributed by atoms with van der Waals surface area (Å²) in [5.74, 6) is 1.13. The van der Waals surface area contributed by atoms with E-state index in [1.165, 1.54) is 0 Å². The molecule has 1 atom stereocenters. The molecule has 1 saturated heterocycles. The lowest BCUT2D eigenvalue weighted by Crippen LogP contribution is -2.38. The standard InChI is InChI=1S/C15H22N2O2/c1-10(2)13-5-4-8-17(13)15(18)11-6-7-12(16)14(9-11)19-3/h6-7,9-10,13H,4-5,8,16H2,1-3H3. The predicted molar refractivity (Wildman–Crippen MR) is 76.3 cm³/mol. The second kappa shape index (κ2) is 5.51. The maximum Gasteiger partial charge on any atom is 0.254 e. The van der Waals surface area contributed by atoms with Gasteiger partial charge in [-0.05, 0) is 37.0 Å². The summed E-state index contributed by atoms with van der Waals surface area (Å²) in [6.07, 6.45) is 2.18. The van der Waals surface area contributed by atoms with E-state index in [1.807, 2.05) is 4.90 Å². The highest BCUT2D eigenvalue weighted by Gasteiger charge is 2.31. The third-order valence-electron chi connectivity index (χ3n) is 3.81. The molecule has 2 N–H and O–H groups in total. The first-order valence-electron chi connectivity index (χ1n) is 6.79. The fourth-order valence-corrected chi connectivity index (χ4v) is 2.75. The summed E-state index contributed by atoms with van der Waals surface area (Å²) in [5, 5.41) is 0. The second-order valence-electron chi connectivity index (χ2n) is 5.41. The van der Waals surface area contributed by atoms with E-state index in [4.69, 9.17) is 10.5 Å². The summed E-state index contributed by atoms with van der Waals surface area (Å²) in [4.78, 5) is 14.6. The molecular formula is C15H22N2O2. The molecule has 4 nitrogen and oxygen atoms in total. The van der Waals surface area contributed by atoms with E-state index in [0.29, 0.717) is 29.0 Å². The summed E-state index contributed by atoms with van der Waals surface area (Å²) < 4.78 is 5.18. The van der Waals surface area contributed by atoms with Crippen LogP contribution in [0, 0.1) is 5.92 Å². The molecule has 1 heterocycles. The van der Waals surface area contributed by atoms with Crippen molar-refractivity contribution >= 4 is 11.6 Å². The van der Waals surface area contributed by atoms with Gasteiger partial charge in [-0.2, -0.15) is 0 Å². The molecule has 0 bridgehead atoms. The van der Waals surface area contributed by atoms with Gasteiger partial charge in [0.25, 0.3) is 5.91 Å². The smallest absolute Gasteiger partial charge is 0.254 e. The van der Waals surface area contributed by atoms with Crippen LogP contribution < -0.4 is 10.5 Å². The van der Waals surface area contributed by atoms with E-state index in [1.54, 1.807) is 25.3 Å². The third-order valence-corrected chi connectivity index (χ3v) is 3.81. The fourth-order valence-electron chi connectivity index (χ4n) is 2.75. The van der Waals surface area contributed by atoms with Gasteiger partial charge in [0.15, 0.2) is 0 Å². The highest BCUT2D eigenvalue weighted by Crippen LogP contribution is 2.28. The van der Waals surface area contributed by atoms with Crippen molar-refractivity contribution < 1.29 is 9.53 Å². The maximum absolute atomic E-state index is 12.6. The van der Waals surface area contributed by atoms with Crippen molar-refractivity contribution in [2.45, 2.75) is 32.7 Å². The molecule has 1 amide bonds.